The molecule has 0 bridgehead atoms. The summed E-state index contributed by atoms with van der Waals surface area (Å²) in [5, 5.41) is 8.52. The van der Waals surface area contributed by atoms with Crippen molar-refractivity contribution in [1.82, 2.24) is 0 Å². The van der Waals surface area contributed by atoms with Crippen molar-refractivity contribution < 1.29 is 4.74 Å². The molecule has 1 aromatic rings. The molecular formula is C10H10N2O. The summed E-state index contributed by atoms with van der Waals surface area (Å²) in [6, 6.07) is 7.47. The van der Waals surface area contributed by atoms with Crippen LogP contribution in [0.1, 0.15) is 5.56 Å². The lowest BCUT2D eigenvalue weighted by Gasteiger charge is -2.05. The second kappa shape index (κ2) is 4.27. The minimum absolute atomic E-state index is 0.348. The number of aliphatic imine (C=N–C) groups is 1. The lowest BCUT2D eigenvalue weighted by molar-refractivity contribution is 0.411. The average Bonchev–Trinajstić information content (AvgIpc) is 2.19. The first-order chi connectivity index (χ1) is 6.31. The maximum absolute atomic E-state index is 8.52. The van der Waals surface area contributed by atoms with Gasteiger partial charge in [0.25, 0.3) is 0 Å². The Morgan fingerprint density at radius 3 is 2.92 bits per heavy atom. The number of hydrogen-bond donors (Lipinski definition) is 0. The molecule has 0 aliphatic carbocycles. The molecule has 0 amide bonds. The predicted molar refractivity (Wildman–Crippen MR) is 51.5 cm³/mol. The minimum Gasteiger partial charge on any atom is -0.496 e. The van der Waals surface area contributed by atoms with E-state index < -0.39 is 0 Å². The van der Waals surface area contributed by atoms with E-state index in [2.05, 4.69) is 17.8 Å². The molecule has 0 atom stereocenters. The maximum Gasteiger partial charge on any atom is 0.125 e. The molecule has 1 aromatic carbocycles. The van der Waals surface area contributed by atoms with Crippen LogP contribution in [0.5, 0.6) is 5.75 Å². The van der Waals surface area contributed by atoms with Crippen molar-refractivity contribution in [1.29, 1.82) is 5.26 Å². The number of methoxy groups -OCH3 is 1. The van der Waals surface area contributed by atoms with E-state index in [0.29, 0.717) is 12.2 Å². The van der Waals surface area contributed by atoms with Crippen molar-refractivity contribution in [3.8, 4) is 11.8 Å². The monoisotopic (exact) mass is 174 g/mol. The summed E-state index contributed by atoms with van der Waals surface area (Å²) in [7, 11) is 1.57. The van der Waals surface area contributed by atoms with E-state index in [-0.39, 0.29) is 0 Å². The van der Waals surface area contributed by atoms with Gasteiger partial charge >= 0.3 is 0 Å². The fourth-order valence-corrected chi connectivity index (χ4v) is 1.06. The van der Waals surface area contributed by atoms with Gasteiger partial charge in [-0.15, -0.1) is 0 Å². The molecule has 3 nitrogen and oxygen atoms in total. The molecule has 0 aliphatic heterocycles. The molecule has 0 spiro atoms. The van der Waals surface area contributed by atoms with E-state index in [1.54, 1.807) is 13.2 Å². The topological polar surface area (TPSA) is 45.4 Å². The molecular weight excluding hydrogens is 164 g/mol. The highest BCUT2D eigenvalue weighted by atomic mass is 16.5. The Morgan fingerprint density at radius 1 is 1.62 bits per heavy atom. The second-order valence-electron chi connectivity index (χ2n) is 2.49. The van der Waals surface area contributed by atoms with Crippen molar-refractivity contribution in [2.24, 2.45) is 4.99 Å². The molecule has 3 heteroatoms. The van der Waals surface area contributed by atoms with Crippen molar-refractivity contribution >= 4 is 12.4 Å². The van der Waals surface area contributed by atoms with Crippen LogP contribution in [0.25, 0.3) is 0 Å². The maximum atomic E-state index is 8.52. The lowest BCUT2D eigenvalue weighted by Crippen LogP contribution is -1.90. The largest absolute Gasteiger partial charge is 0.496 e. The van der Waals surface area contributed by atoms with Gasteiger partial charge in [0.05, 0.1) is 25.3 Å². The van der Waals surface area contributed by atoms with Crippen LogP contribution in [0.2, 0.25) is 0 Å². The molecule has 1 rings (SSSR count). The van der Waals surface area contributed by atoms with Crippen LogP contribution in [0.4, 0.5) is 5.69 Å². The van der Waals surface area contributed by atoms with E-state index in [1.807, 2.05) is 12.1 Å². The van der Waals surface area contributed by atoms with Gasteiger partial charge in [-0.3, -0.25) is 4.99 Å². The summed E-state index contributed by atoms with van der Waals surface area (Å²) >= 11 is 0. The van der Waals surface area contributed by atoms with Gasteiger partial charge < -0.3 is 4.74 Å². The van der Waals surface area contributed by atoms with E-state index in [4.69, 9.17) is 10.00 Å². The van der Waals surface area contributed by atoms with Crippen molar-refractivity contribution in [2.45, 2.75) is 6.42 Å². The molecule has 0 heterocycles. The highest BCUT2D eigenvalue weighted by Gasteiger charge is 2.02. The lowest BCUT2D eigenvalue weighted by atomic mass is 10.1. The smallest absolute Gasteiger partial charge is 0.125 e. The highest BCUT2D eigenvalue weighted by Crippen LogP contribution is 2.24. The quantitative estimate of drug-likeness (QED) is 0.658. The number of ether oxygens (including phenoxy) is 1. The van der Waals surface area contributed by atoms with Crippen molar-refractivity contribution in [3.63, 3.8) is 0 Å². The van der Waals surface area contributed by atoms with Crippen LogP contribution in [0.15, 0.2) is 23.2 Å². The summed E-state index contributed by atoms with van der Waals surface area (Å²) < 4.78 is 5.10. The molecule has 0 aliphatic rings. The summed E-state index contributed by atoms with van der Waals surface area (Å²) in [5.74, 6) is 0.687. The highest BCUT2D eigenvalue weighted by molar-refractivity contribution is 5.52. The van der Waals surface area contributed by atoms with Gasteiger partial charge in [0.15, 0.2) is 0 Å². The van der Waals surface area contributed by atoms with Gasteiger partial charge in [0.1, 0.15) is 5.75 Å². The first kappa shape index (κ1) is 9.27. The predicted octanol–water partition coefficient (Wildman–Crippen LogP) is 2.09. The SMILES string of the molecule is C=Nc1ccc(CC#N)c(OC)c1. The fraction of sp³-hybridized carbons (Fsp3) is 0.200. The molecule has 13 heavy (non-hydrogen) atoms. The van der Waals surface area contributed by atoms with Crippen LogP contribution < -0.4 is 4.74 Å². The Kier molecular flexibility index (Phi) is 3.04. The molecule has 66 valence electrons. The molecule has 0 aromatic heterocycles. The van der Waals surface area contributed by atoms with E-state index >= 15 is 0 Å². The second-order valence-corrected chi connectivity index (χ2v) is 2.49. The van der Waals surface area contributed by atoms with Gasteiger partial charge in [-0.1, -0.05) is 6.07 Å². The Morgan fingerprint density at radius 2 is 2.38 bits per heavy atom. The zero-order chi connectivity index (χ0) is 9.68. The third-order valence-corrected chi connectivity index (χ3v) is 1.72. The molecule has 0 N–H and O–H groups in total. The number of benzene rings is 1. The number of hydrogen-bond acceptors (Lipinski definition) is 3. The van der Waals surface area contributed by atoms with Gasteiger partial charge in [-0.25, -0.2) is 0 Å². The Balaban J connectivity index is 3.09. The summed E-state index contributed by atoms with van der Waals surface area (Å²) in [6.07, 6.45) is 0.348. The van der Waals surface area contributed by atoms with Gasteiger partial charge in [0, 0.05) is 11.6 Å². The molecule has 0 unspecified atom stereocenters. The number of nitriles is 1. The third kappa shape index (κ3) is 2.06. The molecule has 0 saturated carbocycles. The van der Waals surface area contributed by atoms with Crippen molar-refractivity contribution in [3.05, 3.63) is 23.8 Å². The molecule has 0 radical (unpaired) electrons. The molecule has 0 saturated heterocycles. The average molecular weight is 174 g/mol. The van der Waals surface area contributed by atoms with Crippen LogP contribution >= 0.6 is 0 Å². The van der Waals surface area contributed by atoms with Crippen LogP contribution in [0.3, 0.4) is 0 Å². The summed E-state index contributed by atoms with van der Waals surface area (Å²) in [4.78, 5) is 3.77. The first-order valence-corrected chi connectivity index (χ1v) is 3.82. The van der Waals surface area contributed by atoms with Crippen LogP contribution in [-0.2, 0) is 6.42 Å². The summed E-state index contributed by atoms with van der Waals surface area (Å²) in [5.41, 5.74) is 1.62. The number of nitrogens with zero attached hydrogens (tertiary/aromatic N) is 2. The fourth-order valence-electron chi connectivity index (χ4n) is 1.06. The van der Waals surface area contributed by atoms with E-state index in [1.165, 1.54) is 0 Å². The molecule has 0 fully saturated rings. The van der Waals surface area contributed by atoms with Gasteiger partial charge in [-0.05, 0) is 12.8 Å². The van der Waals surface area contributed by atoms with Gasteiger partial charge in [-0.2, -0.15) is 5.26 Å². The van der Waals surface area contributed by atoms with Gasteiger partial charge in [0.2, 0.25) is 0 Å². The van der Waals surface area contributed by atoms with Crippen LogP contribution in [0, 0.1) is 11.3 Å². The minimum atomic E-state index is 0.348. The van der Waals surface area contributed by atoms with Crippen molar-refractivity contribution in [2.75, 3.05) is 7.11 Å². The first-order valence-electron chi connectivity index (χ1n) is 3.82. The number of rotatable bonds is 3. The van der Waals surface area contributed by atoms with E-state index in [0.717, 1.165) is 11.3 Å². The van der Waals surface area contributed by atoms with E-state index in [9.17, 15) is 0 Å². The zero-order valence-corrected chi connectivity index (χ0v) is 7.45. The summed E-state index contributed by atoms with van der Waals surface area (Å²) in [6.45, 7) is 3.41. The van der Waals surface area contributed by atoms with Crippen LogP contribution in [-0.4, -0.2) is 13.8 Å². The normalized spacial score (nSPS) is 8.92. The third-order valence-electron chi connectivity index (χ3n) is 1.72. The zero-order valence-electron chi connectivity index (χ0n) is 7.45. The standard InChI is InChI=1S/C10H10N2O/c1-12-9-4-3-8(5-6-11)10(7-9)13-2/h3-4,7H,1,5H2,2H3. The Bertz CT molecular complexity index is 352. The Labute approximate surface area is 77.3 Å². The Hall–Kier alpha value is -1.82.